The molecular weight excluding hydrogens is 234 g/mol. The number of rotatable bonds is 6. The summed E-state index contributed by atoms with van der Waals surface area (Å²) >= 11 is 0. The molecule has 2 aromatic carbocycles. The minimum Gasteiger partial charge on any atom is -0.489 e. The van der Waals surface area contributed by atoms with E-state index in [2.05, 4.69) is 24.3 Å². The van der Waals surface area contributed by atoms with Gasteiger partial charge in [-0.2, -0.15) is 0 Å². The molecular formula is C17H21NO. The molecule has 0 spiro atoms. The van der Waals surface area contributed by atoms with Gasteiger partial charge in [-0.1, -0.05) is 42.5 Å². The van der Waals surface area contributed by atoms with Crippen LogP contribution in [0.25, 0.3) is 0 Å². The predicted octanol–water partition coefficient (Wildman–Crippen LogP) is 3.55. The molecule has 0 aromatic heterocycles. The van der Waals surface area contributed by atoms with Gasteiger partial charge in [0.05, 0.1) is 0 Å². The van der Waals surface area contributed by atoms with Crippen LogP contribution in [0.4, 0.5) is 0 Å². The van der Waals surface area contributed by atoms with Gasteiger partial charge in [0.2, 0.25) is 0 Å². The second-order valence-electron chi connectivity index (χ2n) is 4.93. The van der Waals surface area contributed by atoms with Crippen LogP contribution in [0.5, 0.6) is 5.75 Å². The molecule has 0 amide bonds. The molecule has 0 unspecified atom stereocenters. The first kappa shape index (κ1) is 13.6. The van der Waals surface area contributed by atoms with Crippen molar-refractivity contribution < 1.29 is 4.74 Å². The number of ether oxygens (including phenoxy) is 1. The summed E-state index contributed by atoms with van der Waals surface area (Å²) in [5, 5.41) is 0. The molecule has 0 heterocycles. The molecule has 2 nitrogen and oxygen atoms in total. The Morgan fingerprint density at radius 1 is 0.947 bits per heavy atom. The number of hydrogen-bond donors (Lipinski definition) is 1. The number of benzene rings is 2. The number of nitrogens with two attached hydrogens (primary N) is 1. The second kappa shape index (κ2) is 6.95. The van der Waals surface area contributed by atoms with Gasteiger partial charge >= 0.3 is 0 Å². The molecule has 0 saturated carbocycles. The number of hydrogen-bond acceptors (Lipinski definition) is 2. The van der Waals surface area contributed by atoms with Crippen molar-refractivity contribution >= 4 is 0 Å². The smallest absolute Gasteiger partial charge is 0.119 e. The first-order chi connectivity index (χ1) is 9.24. The van der Waals surface area contributed by atoms with E-state index in [1.807, 2.05) is 37.3 Å². The van der Waals surface area contributed by atoms with Crippen LogP contribution < -0.4 is 10.5 Å². The van der Waals surface area contributed by atoms with Gasteiger partial charge < -0.3 is 10.5 Å². The van der Waals surface area contributed by atoms with E-state index < -0.39 is 0 Å². The largest absolute Gasteiger partial charge is 0.489 e. The third kappa shape index (κ3) is 4.76. The Morgan fingerprint density at radius 3 is 2.26 bits per heavy atom. The molecule has 0 saturated heterocycles. The van der Waals surface area contributed by atoms with E-state index in [9.17, 15) is 0 Å². The van der Waals surface area contributed by atoms with Crippen LogP contribution in [0.1, 0.15) is 24.5 Å². The van der Waals surface area contributed by atoms with E-state index in [1.165, 1.54) is 11.1 Å². The quantitative estimate of drug-likeness (QED) is 0.856. The van der Waals surface area contributed by atoms with Gasteiger partial charge in [0.1, 0.15) is 12.4 Å². The Hall–Kier alpha value is -1.80. The van der Waals surface area contributed by atoms with Crippen LogP contribution in [0.2, 0.25) is 0 Å². The molecule has 0 radical (unpaired) electrons. The van der Waals surface area contributed by atoms with Crippen LogP contribution in [0, 0.1) is 0 Å². The molecule has 2 rings (SSSR count). The summed E-state index contributed by atoms with van der Waals surface area (Å²) in [5.74, 6) is 0.911. The molecule has 0 aliphatic rings. The fourth-order valence-corrected chi connectivity index (χ4v) is 1.89. The summed E-state index contributed by atoms with van der Waals surface area (Å²) in [6.45, 7) is 2.65. The molecule has 0 fully saturated rings. The van der Waals surface area contributed by atoms with Crippen molar-refractivity contribution in [2.45, 2.75) is 32.4 Å². The van der Waals surface area contributed by atoms with Gasteiger partial charge in [0.15, 0.2) is 0 Å². The average Bonchev–Trinajstić information content (AvgIpc) is 2.45. The van der Waals surface area contributed by atoms with E-state index in [-0.39, 0.29) is 6.04 Å². The van der Waals surface area contributed by atoms with E-state index >= 15 is 0 Å². The normalized spacial score (nSPS) is 12.1. The van der Waals surface area contributed by atoms with Crippen LogP contribution in [-0.4, -0.2) is 6.04 Å². The second-order valence-corrected chi connectivity index (χ2v) is 4.93. The summed E-state index contributed by atoms with van der Waals surface area (Å²) < 4.78 is 5.75. The fourth-order valence-electron chi connectivity index (χ4n) is 1.89. The lowest BCUT2D eigenvalue weighted by Crippen LogP contribution is -2.15. The predicted molar refractivity (Wildman–Crippen MR) is 79.2 cm³/mol. The highest BCUT2D eigenvalue weighted by atomic mass is 16.5. The highest BCUT2D eigenvalue weighted by molar-refractivity contribution is 5.28. The molecule has 1 atom stereocenters. The Morgan fingerprint density at radius 2 is 1.63 bits per heavy atom. The van der Waals surface area contributed by atoms with Crippen molar-refractivity contribution in [1.29, 1.82) is 0 Å². The van der Waals surface area contributed by atoms with E-state index in [4.69, 9.17) is 10.5 Å². The standard InChI is InChI=1S/C17H21NO/c1-14(18)7-8-15-9-11-17(12-10-15)19-13-16-5-3-2-4-6-16/h2-6,9-12,14H,7-8,13,18H2,1H3/t14-/m1/s1. The lowest BCUT2D eigenvalue weighted by Gasteiger charge is -2.08. The lowest BCUT2D eigenvalue weighted by molar-refractivity contribution is 0.306. The van der Waals surface area contributed by atoms with Crippen LogP contribution in [-0.2, 0) is 13.0 Å². The Bertz CT molecular complexity index is 476. The summed E-state index contributed by atoms with van der Waals surface area (Å²) in [4.78, 5) is 0. The summed E-state index contributed by atoms with van der Waals surface area (Å²) in [7, 11) is 0. The highest BCUT2D eigenvalue weighted by Crippen LogP contribution is 2.15. The van der Waals surface area contributed by atoms with Crippen molar-refractivity contribution in [1.82, 2.24) is 0 Å². The summed E-state index contributed by atoms with van der Waals surface area (Å²) in [6, 6.07) is 18.7. The van der Waals surface area contributed by atoms with Gasteiger partial charge in [-0.15, -0.1) is 0 Å². The lowest BCUT2D eigenvalue weighted by atomic mass is 10.1. The molecule has 0 aliphatic carbocycles. The minimum atomic E-state index is 0.258. The zero-order valence-electron chi connectivity index (χ0n) is 11.4. The Kier molecular flexibility index (Phi) is 4.99. The maximum atomic E-state index is 5.76. The van der Waals surface area contributed by atoms with E-state index in [1.54, 1.807) is 0 Å². The van der Waals surface area contributed by atoms with Gasteiger partial charge in [0, 0.05) is 6.04 Å². The molecule has 2 N–H and O–H groups in total. The van der Waals surface area contributed by atoms with Crippen molar-refractivity contribution in [3.05, 3.63) is 65.7 Å². The summed E-state index contributed by atoms with van der Waals surface area (Å²) in [6.07, 6.45) is 2.04. The SMILES string of the molecule is C[C@@H](N)CCc1ccc(OCc2ccccc2)cc1. The topological polar surface area (TPSA) is 35.2 Å². The van der Waals surface area contributed by atoms with E-state index in [0.717, 1.165) is 18.6 Å². The fraction of sp³-hybridized carbons (Fsp3) is 0.294. The van der Waals surface area contributed by atoms with Gasteiger partial charge in [0.25, 0.3) is 0 Å². The maximum Gasteiger partial charge on any atom is 0.119 e. The van der Waals surface area contributed by atoms with Crippen LogP contribution in [0.15, 0.2) is 54.6 Å². The first-order valence-corrected chi connectivity index (χ1v) is 6.75. The van der Waals surface area contributed by atoms with Crippen molar-refractivity contribution in [2.24, 2.45) is 5.73 Å². The zero-order valence-corrected chi connectivity index (χ0v) is 11.4. The van der Waals surface area contributed by atoms with Gasteiger partial charge in [-0.3, -0.25) is 0 Å². The minimum absolute atomic E-state index is 0.258. The molecule has 0 bridgehead atoms. The monoisotopic (exact) mass is 255 g/mol. The molecule has 2 aromatic rings. The highest BCUT2D eigenvalue weighted by Gasteiger charge is 1.99. The molecule has 2 heteroatoms. The van der Waals surface area contributed by atoms with Crippen molar-refractivity contribution in [3.8, 4) is 5.75 Å². The maximum absolute atomic E-state index is 5.76. The molecule has 100 valence electrons. The number of aryl methyl sites for hydroxylation is 1. The zero-order chi connectivity index (χ0) is 13.5. The Labute approximate surface area is 115 Å². The molecule has 0 aliphatic heterocycles. The van der Waals surface area contributed by atoms with Gasteiger partial charge in [-0.05, 0) is 43.0 Å². The first-order valence-electron chi connectivity index (χ1n) is 6.75. The van der Waals surface area contributed by atoms with E-state index in [0.29, 0.717) is 6.61 Å². The van der Waals surface area contributed by atoms with Crippen LogP contribution in [0.3, 0.4) is 0 Å². The summed E-state index contributed by atoms with van der Waals surface area (Å²) in [5.41, 5.74) is 8.25. The Balaban J connectivity index is 1.85. The van der Waals surface area contributed by atoms with Crippen molar-refractivity contribution in [2.75, 3.05) is 0 Å². The van der Waals surface area contributed by atoms with Gasteiger partial charge in [-0.25, -0.2) is 0 Å². The van der Waals surface area contributed by atoms with Crippen molar-refractivity contribution in [3.63, 3.8) is 0 Å². The van der Waals surface area contributed by atoms with Crippen LogP contribution >= 0.6 is 0 Å². The third-order valence-electron chi connectivity index (χ3n) is 3.06. The molecule has 19 heavy (non-hydrogen) atoms. The third-order valence-corrected chi connectivity index (χ3v) is 3.06. The average molecular weight is 255 g/mol.